The predicted molar refractivity (Wildman–Crippen MR) is 126 cm³/mol. The lowest BCUT2D eigenvalue weighted by molar-refractivity contribution is -0.116. The van der Waals surface area contributed by atoms with Gasteiger partial charge < -0.3 is 5.32 Å². The van der Waals surface area contributed by atoms with E-state index in [1.807, 2.05) is 39.0 Å². The average Bonchev–Trinajstić information content (AvgIpc) is 3.06. The van der Waals surface area contributed by atoms with Crippen LogP contribution in [0.5, 0.6) is 0 Å². The van der Waals surface area contributed by atoms with Crippen LogP contribution in [-0.4, -0.2) is 15.0 Å². The first-order valence-electron chi connectivity index (χ1n) is 9.63. The molecule has 0 aliphatic heterocycles. The lowest BCUT2D eigenvalue weighted by Gasteiger charge is -2.13. The Morgan fingerprint density at radius 1 is 1.03 bits per heavy atom. The lowest BCUT2D eigenvalue weighted by Crippen LogP contribution is -2.40. The molecule has 1 amide bonds. The third kappa shape index (κ3) is 4.19. The number of carbonyl (C=O) groups is 1. The quantitative estimate of drug-likeness (QED) is 0.496. The normalized spacial score (nSPS) is 11.1. The van der Waals surface area contributed by atoms with Gasteiger partial charge in [0, 0.05) is 15.6 Å². The molecule has 2 aromatic heterocycles. The maximum atomic E-state index is 13.3. The van der Waals surface area contributed by atoms with Gasteiger partial charge >= 0.3 is 5.69 Å². The van der Waals surface area contributed by atoms with Crippen LogP contribution in [0.1, 0.15) is 16.0 Å². The standard InChI is InChI=1S/C23H20ClN3O3S/c1-13-7-14(2)9-17(8-13)25-20(28)12-26-22-19(10-15(3)31-22)21(29)27(23(26)30)18-6-4-5-16(24)11-18/h4-11H,12H2,1-3H3,(H,25,28). The number of aromatic nitrogens is 2. The van der Waals surface area contributed by atoms with E-state index in [0.717, 1.165) is 20.6 Å². The average molecular weight is 454 g/mol. The summed E-state index contributed by atoms with van der Waals surface area (Å²) in [5, 5.41) is 3.65. The van der Waals surface area contributed by atoms with E-state index in [2.05, 4.69) is 5.32 Å². The lowest BCUT2D eigenvalue weighted by atomic mass is 10.1. The second kappa shape index (κ2) is 8.17. The van der Waals surface area contributed by atoms with E-state index >= 15 is 0 Å². The number of amides is 1. The first kappa shape index (κ1) is 21.1. The van der Waals surface area contributed by atoms with E-state index in [4.69, 9.17) is 11.6 Å². The summed E-state index contributed by atoms with van der Waals surface area (Å²) in [6.07, 6.45) is 0. The highest BCUT2D eigenvalue weighted by Crippen LogP contribution is 2.22. The van der Waals surface area contributed by atoms with Gasteiger partial charge in [-0.25, -0.2) is 9.36 Å². The van der Waals surface area contributed by atoms with E-state index in [0.29, 0.717) is 26.6 Å². The van der Waals surface area contributed by atoms with Crippen LogP contribution in [0.4, 0.5) is 5.69 Å². The Morgan fingerprint density at radius 3 is 2.42 bits per heavy atom. The molecule has 0 aliphatic rings. The summed E-state index contributed by atoms with van der Waals surface area (Å²) >= 11 is 7.39. The molecular formula is C23H20ClN3O3S. The number of nitrogens with zero attached hydrogens (tertiary/aromatic N) is 2. The molecule has 0 saturated heterocycles. The third-order valence-electron chi connectivity index (χ3n) is 4.81. The van der Waals surface area contributed by atoms with Gasteiger partial charge in [-0.3, -0.25) is 14.2 Å². The number of rotatable bonds is 4. The van der Waals surface area contributed by atoms with Gasteiger partial charge in [0.25, 0.3) is 5.56 Å². The number of halogens is 1. The summed E-state index contributed by atoms with van der Waals surface area (Å²) < 4.78 is 2.40. The topological polar surface area (TPSA) is 73.1 Å². The van der Waals surface area contributed by atoms with Crippen LogP contribution in [0.25, 0.3) is 15.9 Å². The Balaban J connectivity index is 1.82. The Kier molecular flexibility index (Phi) is 5.56. The number of benzene rings is 2. The minimum atomic E-state index is -0.586. The van der Waals surface area contributed by atoms with Crippen molar-refractivity contribution in [2.45, 2.75) is 27.3 Å². The number of aryl methyl sites for hydroxylation is 3. The van der Waals surface area contributed by atoms with Crippen LogP contribution in [-0.2, 0) is 11.3 Å². The van der Waals surface area contributed by atoms with Crippen molar-refractivity contribution in [3.63, 3.8) is 0 Å². The van der Waals surface area contributed by atoms with Gasteiger partial charge in [0.2, 0.25) is 5.91 Å². The summed E-state index contributed by atoms with van der Waals surface area (Å²) in [4.78, 5) is 40.6. The summed E-state index contributed by atoms with van der Waals surface area (Å²) in [7, 11) is 0. The van der Waals surface area contributed by atoms with Crippen molar-refractivity contribution >= 4 is 44.7 Å². The molecule has 0 radical (unpaired) electrons. The van der Waals surface area contributed by atoms with Gasteiger partial charge in [0.15, 0.2) is 0 Å². The van der Waals surface area contributed by atoms with Crippen molar-refractivity contribution in [2.75, 3.05) is 5.32 Å². The molecule has 6 nitrogen and oxygen atoms in total. The van der Waals surface area contributed by atoms with Crippen molar-refractivity contribution in [1.82, 2.24) is 9.13 Å². The van der Waals surface area contributed by atoms with Crippen LogP contribution in [0.3, 0.4) is 0 Å². The molecule has 0 unspecified atom stereocenters. The Bertz CT molecular complexity index is 1430. The zero-order valence-corrected chi connectivity index (χ0v) is 18.8. The number of hydrogen-bond acceptors (Lipinski definition) is 4. The summed E-state index contributed by atoms with van der Waals surface area (Å²) in [6.45, 7) is 5.54. The van der Waals surface area contributed by atoms with Gasteiger partial charge in [0.05, 0.1) is 11.1 Å². The molecular weight excluding hydrogens is 434 g/mol. The second-order valence-corrected chi connectivity index (χ2v) is 9.16. The number of anilines is 1. The highest BCUT2D eigenvalue weighted by atomic mass is 35.5. The van der Waals surface area contributed by atoms with Gasteiger partial charge in [-0.1, -0.05) is 23.7 Å². The fourth-order valence-electron chi connectivity index (χ4n) is 3.64. The van der Waals surface area contributed by atoms with E-state index in [1.54, 1.807) is 30.3 Å². The highest BCUT2D eigenvalue weighted by Gasteiger charge is 2.19. The largest absolute Gasteiger partial charge is 0.337 e. The minimum absolute atomic E-state index is 0.219. The fourth-order valence-corrected chi connectivity index (χ4v) is 4.82. The van der Waals surface area contributed by atoms with Crippen LogP contribution in [0, 0.1) is 20.8 Å². The first-order chi connectivity index (χ1) is 14.7. The molecule has 0 saturated carbocycles. The Morgan fingerprint density at radius 2 is 1.74 bits per heavy atom. The summed E-state index contributed by atoms with van der Waals surface area (Å²) in [5.74, 6) is -0.351. The smallest absolute Gasteiger partial charge is 0.325 e. The maximum absolute atomic E-state index is 13.3. The van der Waals surface area contributed by atoms with Gasteiger partial charge in [-0.05, 0) is 68.3 Å². The molecule has 2 aromatic carbocycles. The molecule has 2 heterocycles. The van der Waals surface area contributed by atoms with Crippen molar-refractivity contribution in [1.29, 1.82) is 0 Å². The molecule has 0 spiro atoms. The van der Waals surface area contributed by atoms with Gasteiger partial charge in [-0.15, -0.1) is 11.3 Å². The summed E-state index contributed by atoms with van der Waals surface area (Å²) in [6, 6.07) is 14.0. The number of thiophene rings is 1. The third-order valence-corrected chi connectivity index (χ3v) is 6.12. The molecule has 158 valence electrons. The van der Waals surface area contributed by atoms with Crippen LogP contribution >= 0.6 is 22.9 Å². The SMILES string of the molecule is Cc1cc(C)cc(NC(=O)Cn2c(=O)n(-c3cccc(Cl)c3)c(=O)c3cc(C)sc32)c1. The van der Waals surface area contributed by atoms with Gasteiger partial charge in [-0.2, -0.15) is 0 Å². The number of carbonyl (C=O) groups excluding carboxylic acids is 1. The second-order valence-electron chi connectivity index (χ2n) is 7.49. The molecule has 0 fully saturated rings. The molecule has 31 heavy (non-hydrogen) atoms. The van der Waals surface area contributed by atoms with Gasteiger partial charge in [0.1, 0.15) is 11.4 Å². The first-order valence-corrected chi connectivity index (χ1v) is 10.8. The van der Waals surface area contributed by atoms with E-state index < -0.39 is 11.2 Å². The molecule has 0 bridgehead atoms. The zero-order chi connectivity index (χ0) is 22.3. The fraction of sp³-hybridized carbons (Fsp3) is 0.174. The number of fused-ring (bicyclic) bond motifs is 1. The number of hydrogen-bond donors (Lipinski definition) is 1. The van der Waals surface area contributed by atoms with Crippen molar-refractivity contribution < 1.29 is 4.79 Å². The van der Waals surface area contributed by atoms with Crippen molar-refractivity contribution in [2.24, 2.45) is 0 Å². The van der Waals surface area contributed by atoms with Crippen LogP contribution < -0.4 is 16.6 Å². The highest BCUT2D eigenvalue weighted by molar-refractivity contribution is 7.18. The monoisotopic (exact) mass is 453 g/mol. The van der Waals surface area contributed by atoms with E-state index in [1.165, 1.54) is 15.9 Å². The molecule has 4 rings (SSSR count). The maximum Gasteiger partial charge on any atom is 0.337 e. The van der Waals surface area contributed by atoms with Crippen molar-refractivity contribution in [3.05, 3.63) is 90.4 Å². The number of nitrogens with one attached hydrogen (secondary N) is 1. The molecule has 8 heteroatoms. The predicted octanol–water partition coefficient (Wildman–Crippen LogP) is 4.43. The minimum Gasteiger partial charge on any atom is -0.325 e. The van der Waals surface area contributed by atoms with Crippen molar-refractivity contribution in [3.8, 4) is 5.69 Å². The molecule has 0 atom stereocenters. The summed E-state index contributed by atoms with van der Waals surface area (Å²) in [5.41, 5.74) is 2.06. The zero-order valence-electron chi connectivity index (χ0n) is 17.2. The molecule has 0 aliphatic carbocycles. The van der Waals surface area contributed by atoms with Crippen LogP contribution in [0.2, 0.25) is 5.02 Å². The van der Waals surface area contributed by atoms with Crippen LogP contribution in [0.15, 0.2) is 58.1 Å². The van der Waals surface area contributed by atoms with E-state index in [-0.39, 0.29) is 12.5 Å². The van der Waals surface area contributed by atoms with E-state index in [9.17, 15) is 14.4 Å². The molecule has 1 N–H and O–H groups in total. The Hall–Kier alpha value is -3.16. The Labute approximate surface area is 187 Å². The molecule has 4 aromatic rings.